The lowest BCUT2D eigenvalue weighted by atomic mass is 10.2. The number of hydrogen-bond acceptors (Lipinski definition) is 3. The van der Waals surface area contributed by atoms with Gasteiger partial charge in [-0.3, -0.25) is 5.10 Å². The van der Waals surface area contributed by atoms with Crippen LogP contribution in [0.3, 0.4) is 0 Å². The van der Waals surface area contributed by atoms with Gasteiger partial charge in [-0.1, -0.05) is 0 Å². The van der Waals surface area contributed by atoms with Gasteiger partial charge in [0.2, 0.25) is 0 Å². The summed E-state index contributed by atoms with van der Waals surface area (Å²) in [6.45, 7) is 4.65. The zero-order chi connectivity index (χ0) is 9.10. The Morgan fingerprint density at radius 3 is 3.31 bits per heavy atom. The second kappa shape index (κ2) is 3.89. The van der Waals surface area contributed by atoms with Gasteiger partial charge in [-0.05, 0) is 18.9 Å². The molecule has 1 aliphatic heterocycles. The first-order chi connectivity index (χ1) is 6.36. The second-order valence-corrected chi connectivity index (χ2v) is 3.47. The molecule has 0 aliphatic carbocycles. The molecule has 2 N–H and O–H groups in total. The number of rotatable bonds is 3. The summed E-state index contributed by atoms with van der Waals surface area (Å²) in [6.07, 6.45) is 2.97. The van der Waals surface area contributed by atoms with Crippen molar-refractivity contribution in [2.45, 2.75) is 25.9 Å². The van der Waals surface area contributed by atoms with Crippen molar-refractivity contribution < 1.29 is 4.74 Å². The lowest BCUT2D eigenvalue weighted by Gasteiger charge is -2.09. The fraction of sp³-hybridized carbons (Fsp3) is 0.667. The molecule has 0 radical (unpaired) electrons. The molecule has 4 heteroatoms. The minimum absolute atomic E-state index is 0.516. The number of nitrogens with zero attached hydrogens (tertiary/aromatic N) is 1. The molecule has 1 atom stereocenters. The highest BCUT2D eigenvalue weighted by Gasteiger charge is 2.14. The van der Waals surface area contributed by atoms with Crippen molar-refractivity contribution in [2.24, 2.45) is 0 Å². The summed E-state index contributed by atoms with van der Waals surface area (Å²) in [6, 6.07) is 0.516. The second-order valence-electron chi connectivity index (χ2n) is 3.47. The lowest BCUT2D eigenvalue weighted by Crippen LogP contribution is -2.28. The smallest absolute Gasteiger partial charge is 0.0620 e. The van der Waals surface area contributed by atoms with E-state index in [0.717, 1.165) is 26.2 Å². The van der Waals surface area contributed by atoms with Crippen molar-refractivity contribution in [3.63, 3.8) is 0 Å². The fourth-order valence-corrected chi connectivity index (χ4v) is 1.49. The highest BCUT2D eigenvalue weighted by atomic mass is 16.5. The first-order valence-electron chi connectivity index (χ1n) is 4.66. The molecule has 0 amide bonds. The summed E-state index contributed by atoms with van der Waals surface area (Å²) in [7, 11) is 0. The van der Waals surface area contributed by atoms with Gasteiger partial charge in [0, 0.05) is 19.2 Å². The Bertz CT molecular complexity index is 266. The zero-order valence-corrected chi connectivity index (χ0v) is 7.84. The van der Waals surface area contributed by atoms with Crippen molar-refractivity contribution in [1.82, 2.24) is 15.5 Å². The molecule has 2 rings (SSSR count). The molecule has 2 heterocycles. The van der Waals surface area contributed by atoms with Crippen LogP contribution in [0, 0.1) is 6.92 Å². The summed E-state index contributed by atoms with van der Waals surface area (Å²) in [5, 5.41) is 10.4. The van der Waals surface area contributed by atoms with E-state index in [4.69, 9.17) is 4.74 Å². The Kier molecular flexibility index (Phi) is 2.61. The lowest BCUT2D eigenvalue weighted by molar-refractivity contribution is 0.189. The third-order valence-electron chi connectivity index (χ3n) is 2.43. The number of aryl methyl sites for hydroxylation is 1. The Labute approximate surface area is 77.7 Å². The van der Waals surface area contributed by atoms with Crippen molar-refractivity contribution in [2.75, 3.05) is 13.2 Å². The predicted molar refractivity (Wildman–Crippen MR) is 49.4 cm³/mol. The Balaban J connectivity index is 1.82. The van der Waals surface area contributed by atoms with Crippen LogP contribution in [0.15, 0.2) is 6.20 Å². The van der Waals surface area contributed by atoms with E-state index in [2.05, 4.69) is 22.4 Å². The average Bonchev–Trinajstić information content (AvgIpc) is 2.72. The van der Waals surface area contributed by atoms with Gasteiger partial charge < -0.3 is 10.1 Å². The zero-order valence-electron chi connectivity index (χ0n) is 7.84. The van der Waals surface area contributed by atoms with Crippen LogP contribution in [0.1, 0.15) is 17.7 Å². The van der Waals surface area contributed by atoms with Crippen molar-refractivity contribution >= 4 is 0 Å². The largest absolute Gasteiger partial charge is 0.380 e. The van der Waals surface area contributed by atoms with Gasteiger partial charge in [0.05, 0.1) is 18.5 Å². The van der Waals surface area contributed by atoms with Gasteiger partial charge in [-0.25, -0.2) is 0 Å². The van der Waals surface area contributed by atoms with Crippen molar-refractivity contribution in [3.05, 3.63) is 17.5 Å². The number of aromatic amines is 1. The van der Waals surface area contributed by atoms with E-state index in [9.17, 15) is 0 Å². The highest BCUT2D eigenvalue weighted by molar-refractivity contribution is 5.13. The Morgan fingerprint density at radius 2 is 2.69 bits per heavy atom. The summed E-state index contributed by atoms with van der Waals surface area (Å²) in [5.74, 6) is 0. The highest BCUT2D eigenvalue weighted by Crippen LogP contribution is 2.06. The van der Waals surface area contributed by atoms with Gasteiger partial charge in [-0.2, -0.15) is 5.10 Å². The maximum atomic E-state index is 5.27. The van der Waals surface area contributed by atoms with E-state index in [1.165, 1.54) is 11.3 Å². The SMILES string of the molecule is Cc1cn[nH]c1CNC1CCOC1. The molecule has 0 aromatic carbocycles. The predicted octanol–water partition coefficient (Wildman–Crippen LogP) is 0.597. The number of aromatic nitrogens is 2. The van der Waals surface area contributed by atoms with Gasteiger partial charge in [0.25, 0.3) is 0 Å². The Morgan fingerprint density at radius 1 is 1.77 bits per heavy atom. The summed E-state index contributed by atoms with van der Waals surface area (Å²) in [5.41, 5.74) is 2.39. The third kappa shape index (κ3) is 2.08. The average molecular weight is 181 g/mol. The molecule has 13 heavy (non-hydrogen) atoms. The van der Waals surface area contributed by atoms with Crippen LogP contribution in [-0.2, 0) is 11.3 Å². The van der Waals surface area contributed by atoms with Crippen LogP contribution in [0.5, 0.6) is 0 Å². The van der Waals surface area contributed by atoms with Crippen LogP contribution in [0.2, 0.25) is 0 Å². The topological polar surface area (TPSA) is 49.9 Å². The fourth-order valence-electron chi connectivity index (χ4n) is 1.49. The Hall–Kier alpha value is -0.870. The van der Waals surface area contributed by atoms with Crippen LogP contribution >= 0.6 is 0 Å². The van der Waals surface area contributed by atoms with E-state index in [0.29, 0.717) is 6.04 Å². The summed E-state index contributed by atoms with van der Waals surface area (Å²) in [4.78, 5) is 0. The maximum Gasteiger partial charge on any atom is 0.0620 e. The van der Waals surface area contributed by atoms with Gasteiger partial charge in [-0.15, -0.1) is 0 Å². The van der Waals surface area contributed by atoms with E-state index in [-0.39, 0.29) is 0 Å². The van der Waals surface area contributed by atoms with Gasteiger partial charge in [0.1, 0.15) is 0 Å². The molecule has 1 aromatic heterocycles. The molecular weight excluding hydrogens is 166 g/mol. The summed E-state index contributed by atoms with van der Waals surface area (Å²) < 4.78 is 5.27. The minimum atomic E-state index is 0.516. The third-order valence-corrected chi connectivity index (χ3v) is 2.43. The quantitative estimate of drug-likeness (QED) is 0.717. The van der Waals surface area contributed by atoms with Crippen LogP contribution in [0.25, 0.3) is 0 Å². The van der Waals surface area contributed by atoms with E-state index in [1.807, 2.05) is 6.20 Å². The van der Waals surface area contributed by atoms with Crippen molar-refractivity contribution in [1.29, 1.82) is 0 Å². The molecule has 1 fully saturated rings. The minimum Gasteiger partial charge on any atom is -0.380 e. The molecule has 1 saturated heterocycles. The van der Waals surface area contributed by atoms with E-state index < -0.39 is 0 Å². The molecule has 1 aliphatic rings. The molecule has 1 unspecified atom stereocenters. The number of hydrogen-bond donors (Lipinski definition) is 2. The first kappa shape index (κ1) is 8.72. The van der Waals surface area contributed by atoms with Gasteiger partial charge in [0.15, 0.2) is 0 Å². The number of ether oxygens (including phenoxy) is 1. The van der Waals surface area contributed by atoms with Crippen LogP contribution < -0.4 is 5.32 Å². The molecule has 0 bridgehead atoms. The molecule has 0 spiro atoms. The van der Waals surface area contributed by atoms with E-state index in [1.54, 1.807) is 0 Å². The van der Waals surface area contributed by atoms with Crippen molar-refractivity contribution in [3.8, 4) is 0 Å². The number of H-pyrrole nitrogens is 1. The summed E-state index contributed by atoms with van der Waals surface area (Å²) >= 11 is 0. The first-order valence-corrected chi connectivity index (χ1v) is 4.66. The molecule has 4 nitrogen and oxygen atoms in total. The molecular formula is C9H15N3O. The standard InChI is InChI=1S/C9H15N3O/c1-7-4-11-12-9(7)5-10-8-2-3-13-6-8/h4,8,10H,2-3,5-6H2,1H3,(H,11,12). The van der Waals surface area contributed by atoms with Crippen LogP contribution in [-0.4, -0.2) is 29.5 Å². The molecule has 0 saturated carbocycles. The molecule has 72 valence electrons. The number of nitrogens with one attached hydrogen (secondary N) is 2. The maximum absolute atomic E-state index is 5.27. The van der Waals surface area contributed by atoms with Gasteiger partial charge >= 0.3 is 0 Å². The van der Waals surface area contributed by atoms with E-state index >= 15 is 0 Å². The normalized spacial score (nSPS) is 22.4. The molecule has 1 aromatic rings. The van der Waals surface area contributed by atoms with Crippen LogP contribution in [0.4, 0.5) is 0 Å². The monoisotopic (exact) mass is 181 g/mol.